The van der Waals surface area contributed by atoms with Crippen LogP contribution in [0.4, 0.5) is 10.1 Å². The van der Waals surface area contributed by atoms with E-state index in [0.717, 1.165) is 30.6 Å². The van der Waals surface area contributed by atoms with Gasteiger partial charge < -0.3 is 10.2 Å². The van der Waals surface area contributed by atoms with Crippen molar-refractivity contribution in [2.75, 3.05) is 18.5 Å². The van der Waals surface area contributed by atoms with E-state index in [1.54, 1.807) is 6.07 Å². The average Bonchev–Trinajstić information content (AvgIpc) is 2.76. The van der Waals surface area contributed by atoms with Crippen molar-refractivity contribution in [1.82, 2.24) is 5.32 Å². The molecule has 2 aromatic carbocycles. The van der Waals surface area contributed by atoms with Gasteiger partial charge in [0.25, 0.3) is 0 Å². The molecule has 0 radical (unpaired) electrons. The number of hydrogen-bond donors (Lipinski definition) is 1. The second kappa shape index (κ2) is 6.35. The molecule has 4 rings (SSSR count). The average molecular weight is 374 g/mol. The van der Waals surface area contributed by atoms with Crippen LogP contribution in [0.25, 0.3) is 0 Å². The van der Waals surface area contributed by atoms with Crippen LogP contribution in [0, 0.1) is 5.82 Å². The SMILES string of the molecule is CC1C[C@H]2[C@@H](CCN1)c1cc(S(=O)(=O)c3ccc(F)cc3)ccc1N2C. The fourth-order valence-corrected chi connectivity index (χ4v) is 5.62. The molecule has 1 saturated heterocycles. The molecule has 0 spiro atoms. The van der Waals surface area contributed by atoms with E-state index < -0.39 is 15.7 Å². The normalized spacial score (nSPS) is 25.5. The van der Waals surface area contributed by atoms with Gasteiger partial charge in [0.1, 0.15) is 5.82 Å². The number of fused-ring (bicyclic) bond motifs is 3. The summed E-state index contributed by atoms with van der Waals surface area (Å²) in [5, 5.41) is 3.52. The van der Waals surface area contributed by atoms with Gasteiger partial charge in [-0.2, -0.15) is 0 Å². The van der Waals surface area contributed by atoms with E-state index in [-0.39, 0.29) is 9.79 Å². The van der Waals surface area contributed by atoms with Crippen molar-refractivity contribution in [3.8, 4) is 0 Å². The highest BCUT2D eigenvalue weighted by Crippen LogP contribution is 2.45. The number of halogens is 1. The van der Waals surface area contributed by atoms with Gasteiger partial charge in [0.2, 0.25) is 9.84 Å². The van der Waals surface area contributed by atoms with Crippen molar-refractivity contribution in [3.63, 3.8) is 0 Å². The van der Waals surface area contributed by atoms with E-state index in [4.69, 9.17) is 0 Å². The summed E-state index contributed by atoms with van der Waals surface area (Å²) in [5.74, 6) is -0.113. The zero-order valence-electron chi connectivity index (χ0n) is 14.9. The lowest BCUT2D eigenvalue weighted by Gasteiger charge is -2.26. The van der Waals surface area contributed by atoms with Crippen molar-refractivity contribution < 1.29 is 12.8 Å². The van der Waals surface area contributed by atoms with Crippen molar-refractivity contribution in [2.24, 2.45) is 0 Å². The topological polar surface area (TPSA) is 49.4 Å². The van der Waals surface area contributed by atoms with E-state index in [0.29, 0.717) is 18.0 Å². The van der Waals surface area contributed by atoms with Crippen LogP contribution < -0.4 is 10.2 Å². The summed E-state index contributed by atoms with van der Waals surface area (Å²) >= 11 is 0. The van der Waals surface area contributed by atoms with Crippen LogP contribution in [0.2, 0.25) is 0 Å². The number of rotatable bonds is 2. The molecule has 138 valence electrons. The minimum absolute atomic E-state index is 0.123. The summed E-state index contributed by atoms with van der Waals surface area (Å²) in [4.78, 5) is 2.69. The lowest BCUT2D eigenvalue weighted by atomic mass is 9.90. The van der Waals surface area contributed by atoms with Gasteiger partial charge in [0.15, 0.2) is 0 Å². The maximum absolute atomic E-state index is 13.1. The Morgan fingerprint density at radius 1 is 1.12 bits per heavy atom. The van der Waals surface area contributed by atoms with Crippen molar-refractivity contribution >= 4 is 15.5 Å². The summed E-state index contributed by atoms with van der Waals surface area (Å²) in [7, 11) is -1.56. The second-order valence-electron chi connectivity index (χ2n) is 7.34. The highest BCUT2D eigenvalue weighted by Gasteiger charge is 2.39. The van der Waals surface area contributed by atoms with Crippen LogP contribution in [-0.2, 0) is 9.84 Å². The standard InChI is InChI=1S/C20H23FN2O2S/c1-13-11-20-17(9-10-22-13)18-12-16(7-8-19(18)23(20)2)26(24,25)15-5-3-14(21)4-6-15/h3-8,12-13,17,20,22H,9-11H2,1-2H3/t13?,17-,20-/m0/s1. The minimum atomic E-state index is -3.65. The smallest absolute Gasteiger partial charge is 0.206 e. The summed E-state index contributed by atoms with van der Waals surface area (Å²) in [6.07, 6.45) is 2.03. The Kier molecular flexibility index (Phi) is 4.28. The van der Waals surface area contributed by atoms with Gasteiger partial charge in [-0.25, -0.2) is 12.8 Å². The monoisotopic (exact) mass is 374 g/mol. The summed E-state index contributed by atoms with van der Waals surface area (Å²) in [5.41, 5.74) is 2.23. The molecule has 0 aliphatic carbocycles. The number of likely N-dealkylation sites (N-methyl/N-ethyl adjacent to an activating group) is 1. The van der Waals surface area contributed by atoms with E-state index in [9.17, 15) is 12.8 Å². The lowest BCUT2D eigenvalue weighted by Crippen LogP contribution is -2.34. The highest BCUT2D eigenvalue weighted by atomic mass is 32.2. The first-order valence-electron chi connectivity index (χ1n) is 8.99. The molecule has 2 heterocycles. The van der Waals surface area contributed by atoms with Crippen LogP contribution >= 0.6 is 0 Å². The van der Waals surface area contributed by atoms with Gasteiger partial charge in [-0.1, -0.05) is 0 Å². The second-order valence-corrected chi connectivity index (χ2v) is 9.29. The zero-order chi connectivity index (χ0) is 18.5. The predicted molar refractivity (Wildman–Crippen MR) is 99.9 cm³/mol. The molecule has 0 saturated carbocycles. The summed E-state index contributed by atoms with van der Waals surface area (Å²) < 4.78 is 39.1. The molecule has 26 heavy (non-hydrogen) atoms. The number of nitrogens with one attached hydrogen (secondary N) is 1. The molecule has 3 atom stereocenters. The van der Waals surface area contributed by atoms with Gasteiger partial charge in [0, 0.05) is 30.7 Å². The van der Waals surface area contributed by atoms with E-state index in [1.165, 1.54) is 24.3 Å². The summed E-state index contributed by atoms with van der Waals surface area (Å²) in [6.45, 7) is 3.13. The van der Waals surface area contributed by atoms with Gasteiger partial charge in [0.05, 0.1) is 9.79 Å². The Morgan fingerprint density at radius 2 is 1.81 bits per heavy atom. The first-order chi connectivity index (χ1) is 12.4. The first kappa shape index (κ1) is 17.5. The molecular formula is C20H23FN2O2S. The Bertz CT molecular complexity index is 927. The maximum atomic E-state index is 13.1. The predicted octanol–water partition coefficient (Wildman–Crippen LogP) is 3.33. The number of anilines is 1. The highest BCUT2D eigenvalue weighted by molar-refractivity contribution is 7.91. The van der Waals surface area contributed by atoms with Crippen molar-refractivity contribution in [2.45, 2.75) is 47.6 Å². The third kappa shape index (κ3) is 2.81. The van der Waals surface area contributed by atoms with E-state index >= 15 is 0 Å². The molecule has 1 N–H and O–H groups in total. The third-order valence-corrected chi connectivity index (χ3v) is 7.49. The molecule has 0 amide bonds. The van der Waals surface area contributed by atoms with Crippen LogP contribution in [0.15, 0.2) is 52.3 Å². The van der Waals surface area contributed by atoms with Crippen LogP contribution in [0.5, 0.6) is 0 Å². The third-order valence-electron chi connectivity index (χ3n) is 5.72. The largest absolute Gasteiger partial charge is 0.371 e. The molecule has 2 aliphatic heterocycles. The number of sulfone groups is 1. The van der Waals surface area contributed by atoms with Crippen LogP contribution in [0.3, 0.4) is 0 Å². The molecule has 1 unspecified atom stereocenters. The molecule has 1 fully saturated rings. The van der Waals surface area contributed by atoms with Crippen molar-refractivity contribution in [3.05, 3.63) is 53.8 Å². The fourth-order valence-electron chi connectivity index (χ4n) is 4.32. The number of hydrogen-bond acceptors (Lipinski definition) is 4. The molecule has 2 aromatic rings. The van der Waals surface area contributed by atoms with Gasteiger partial charge in [-0.05, 0) is 74.3 Å². The van der Waals surface area contributed by atoms with Crippen LogP contribution in [0.1, 0.15) is 31.2 Å². The Balaban J connectivity index is 1.75. The van der Waals surface area contributed by atoms with Crippen LogP contribution in [-0.4, -0.2) is 34.1 Å². The first-order valence-corrected chi connectivity index (χ1v) is 10.5. The fraction of sp³-hybridized carbons (Fsp3) is 0.400. The number of nitrogens with zero attached hydrogens (tertiary/aromatic N) is 1. The van der Waals surface area contributed by atoms with Gasteiger partial charge in [-0.15, -0.1) is 0 Å². The van der Waals surface area contributed by atoms with Gasteiger partial charge >= 0.3 is 0 Å². The van der Waals surface area contributed by atoms with E-state index in [2.05, 4.69) is 24.2 Å². The van der Waals surface area contributed by atoms with Crippen molar-refractivity contribution in [1.29, 1.82) is 0 Å². The quantitative estimate of drug-likeness (QED) is 0.819. The molecule has 0 aromatic heterocycles. The Morgan fingerprint density at radius 3 is 2.54 bits per heavy atom. The van der Waals surface area contributed by atoms with Gasteiger partial charge in [-0.3, -0.25) is 0 Å². The molecule has 2 aliphatic rings. The Labute approximate surface area is 153 Å². The molecular weight excluding hydrogens is 351 g/mol. The lowest BCUT2D eigenvalue weighted by molar-refractivity contribution is 0.487. The molecule has 0 bridgehead atoms. The maximum Gasteiger partial charge on any atom is 0.206 e. The van der Waals surface area contributed by atoms with E-state index in [1.807, 2.05) is 12.1 Å². The number of benzene rings is 2. The molecule has 4 nitrogen and oxygen atoms in total. The minimum Gasteiger partial charge on any atom is -0.371 e. The zero-order valence-corrected chi connectivity index (χ0v) is 15.8. The summed E-state index contributed by atoms with van der Waals surface area (Å²) in [6, 6.07) is 11.3. The Hall–Kier alpha value is -1.92. The molecule has 6 heteroatoms.